The largest absolute Gasteiger partial charge is 0.493 e. The van der Waals surface area contributed by atoms with E-state index in [4.69, 9.17) is 5.26 Å². The topological polar surface area (TPSA) is 121 Å². The second kappa shape index (κ2) is 7.33. The third kappa shape index (κ3) is 3.87. The Morgan fingerprint density at radius 2 is 2.15 bits per heavy atom. The predicted octanol–water partition coefficient (Wildman–Crippen LogP) is 2.09. The Kier molecular flexibility index (Phi) is 5.38. The van der Waals surface area contributed by atoms with Gasteiger partial charge in [0, 0.05) is 18.7 Å². The number of allylic oxidation sites excluding steroid dienone is 2. The van der Waals surface area contributed by atoms with E-state index in [9.17, 15) is 13.5 Å². The first-order chi connectivity index (χ1) is 12.2. The summed E-state index contributed by atoms with van der Waals surface area (Å²) in [6, 6.07) is 4.77. The van der Waals surface area contributed by atoms with Crippen LogP contribution in [-0.4, -0.2) is 40.3 Å². The van der Waals surface area contributed by atoms with Crippen LogP contribution in [0.5, 0.6) is 5.88 Å². The van der Waals surface area contributed by atoms with Gasteiger partial charge in [0.15, 0.2) is 15.7 Å². The van der Waals surface area contributed by atoms with Gasteiger partial charge in [-0.2, -0.15) is 15.0 Å². The highest BCUT2D eigenvalue weighted by molar-refractivity contribution is 7.90. The lowest BCUT2D eigenvalue weighted by Crippen LogP contribution is -2.03. The van der Waals surface area contributed by atoms with Gasteiger partial charge < -0.3 is 5.11 Å². The van der Waals surface area contributed by atoms with Gasteiger partial charge in [0.2, 0.25) is 5.88 Å². The van der Waals surface area contributed by atoms with Gasteiger partial charge in [0.1, 0.15) is 6.07 Å². The monoisotopic (exact) mass is 371 g/mol. The van der Waals surface area contributed by atoms with Crippen LogP contribution in [0.2, 0.25) is 0 Å². The van der Waals surface area contributed by atoms with E-state index < -0.39 is 9.84 Å². The van der Waals surface area contributed by atoms with Crippen molar-refractivity contribution in [1.29, 1.82) is 5.26 Å². The van der Waals surface area contributed by atoms with Gasteiger partial charge in [-0.3, -0.25) is 4.99 Å². The molecule has 2 aromatic rings. The second-order valence-corrected chi connectivity index (χ2v) is 7.45. The highest BCUT2D eigenvalue weighted by atomic mass is 32.2. The molecule has 0 aromatic carbocycles. The van der Waals surface area contributed by atoms with E-state index in [1.807, 2.05) is 6.07 Å². The molecule has 0 atom stereocenters. The molecule has 2 heterocycles. The van der Waals surface area contributed by atoms with Crippen LogP contribution in [0.25, 0.3) is 5.82 Å². The Morgan fingerprint density at radius 1 is 1.46 bits per heavy atom. The molecule has 0 amide bonds. The number of rotatable bonds is 5. The highest BCUT2D eigenvalue weighted by Gasteiger charge is 2.19. The van der Waals surface area contributed by atoms with Crippen LogP contribution in [0.1, 0.15) is 18.2 Å². The third-order valence-corrected chi connectivity index (χ3v) is 4.61. The predicted molar refractivity (Wildman–Crippen MR) is 97.0 cm³/mol. The molecule has 2 aromatic heterocycles. The van der Waals surface area contributed by atoms with Gasteiger partial charge >= 0.3 is 0 Å². The summed E-state index contributed by atoms with van der Waals surface area (Å²) >= 11 is 0. The van der Waals surface area contributed by atoms with Crippen molar-refractivity contribution >= 4 is 15.5 Å². The fourth-order valence-electron chi connectivity index (χ4n) is 2.17. The fourth-order valence-corrected chi connectivity index (χ4v) is 2.73. The molecule has 0 aliphatic carbocycles. The summed E-state index contributed by atoms with van der Waals surface area (Å²) in [7, 11) is -3.36. The normalized spacial score (nSPS) is 12.7. The smallest absolute Gasteiger partial charge is 0.225 e. The van der Waals surface area contributed by atoms with Gasteiger partial charge in [-0.15, -0.1) is 0 Å². The van der Waals surface area contributed by atoms with Crippen molar-refractivity contribution in [2.24, 2.45) is 4.99 Å². The first-order valence-corrected chi connectivity index (χ1v) is 9.30. The summed E-state index contributed by atoms with van der Waals surface area (Å²) in [6.45, 7) is 6.87. The van der Waals surface area contributed by atoms with Crippen molar-refractivity contribution in [2.45, 2.75) is 18.7 Å². The quantitative estimate of drug-likeness (QED) is 0.488. The summed E-state index contributed by atoms with van der Waals surface area (Å²) in [4.78, 5) is 8.27. The number of pyridine rings is 1. The number of hydrogen-bond acceptors (Lipinski definition) is 7. The molecule has 1 N–H and O–H groups in total. The minimum atomic E-state index is -3.36. The molecule has 8 nitrogen and oxygen atoms in total. The second-order valence-electron chi connectivity index (χ2n) is 5.43. The molecule has 0 unspecified atom stereocenters. The minimum Gasteiger partial charge on any atom is -0.493 e. The molecule has 0 bridgehead atoms. The summed E-state index contributed by atoms with van der Waals surface area (Å²) in [6.07, 6.45) is 5.01. The zero-order chi connectivity index (χ0) is 19.5. The Morgan fingerprint density at radius 3 is 2.65 bits per heavy atom. The summed E-state index contributed by atoms with van der Waals surface area (Å²) in [5.41, 5.74) is 1.64. The number of aromatic nitrogens is 3. The van der Waals surface area contributed by atoms with E-state index >= 15 is 0 Å². The lowest BCUT2D eigenvalue weighted by atomic mass is 10.1. The van der Waals surface area contributed by atoms with Crippen LogP contribution in [0.4, 0.5) is 0 Å². The van der Waals surface area contributed by atoms with E-state index in [1.165, 1.54) is 35.3 Å². The van der Waals surface area contributed by atoms with E-state index in [0.717, 1.165) is 6.26 Å². The number of nitriles is 1. The van der Waals surface area contributed by atoms with Crippen LogP contribution in [0.15, 0.2) is 52.6 Å². The number of aliphatic imine (C=N–C) groups is 1. The Labute approximate surface area is 151 Å². The van der Waals surface area contributed by atoms with E-state index in [0.29, 0.717) is 17.0 Å². The molecule has 26 heavy (non-hydrogen) atoms. The lowest BCUT2D eigenvalue weighted by molar-refractivity contribution is 0.431. The first-order valence-electron chi connectivity index (χ1n) is 7.41. The molecule has 2 rings (SSSR count). The van der Waals surface area contributed by atoms with Crippen molar-refractivity contribution in [3.63, 3.8) is 0 Å². The van der Waals surface area contributed by atoms with Gasteiger partial charge in [-0.25, -0.2) is 13.4 Å². The zero-order valence-electron chi connectivity index (χ0n) is 14.5. The standard InChI is InChI=1S/C17H17N5O3S/c1-5-13(8-18)9-19-11(2)16-12(3)21-22(17(16)23)15-7-6-14(10-20-15)26(4,24)25/h5-7,9-10,23H,1H2,2-4H3/b13-9+,19-11+. The molecule has 0 aliphatic heterocycles. The lowest BCUT2D eigenvalue weighted by Gasteiger charge is -2.04. The van der Waals surface area contributed by atoms with Crippen molar-refractivity contribution < 1.29 is 13.5 Å². The molecule has 134 valence electrons. The van der Waals surface area contributed by atoms with Crippen LogP contribution in [0.3, 0.4) is 0 Å². The molecule has 0 radical (unpaired) electrons. The molecule has 0 saturated carbocycles. The van der Waals surface area contributed by atoms with Crippen LogP contribution < -0.4 is 0 Å². The number of nitrogens with zero attached hydrogens (tertiary/aromatic N) is 5. The van der Waals surface area contributed by atoms with Crippen LogP contribution in [0, 0.1) is 18.3 Å². The molecule has 0 fully saturated rings. The number of aromatic hydroxyl groups is 1. The van der Waals surface area contributed by atoms with Crippen LogP contribution in [-0.2, 0) is 9.84 Å². The average molecular weight is 371 g/mol. The molecule has 0 aliphatic rings. The maximum atomic E-state index is 11.5. The fraction of sp³-hybridized carbons (Fsp3) is 0.176. The Hall–Kier alpha value is -3.25. The zero-order valence-corrected chi connectivity index (χ0v) is 15.3. The molecular weight excluding hydrogens is 354 g/mol. The number of aryl methyl sites for hydroxylation is 1. The van der Waals surface area contributed by atoms with E-state index in [1.54, 1.807) is 13.8 Å². The van der Waals surface area contributed by atoms with Crippen LogP contribution >= 0.6 is 0 Å². The summed E-state index contributed by atoms with van der Waals surface area (Å²) < 4.78 is 24.2. The van der Waals surface area contributed by atoms with E-state index in [2.05, 4.69) is 21.7 Å². The van der Waals surface area contributed by atoms with Crippen molar-refractivity contribution in [3.8, 4) is 17.8 Å². The molecular formula is C17H17N5O3S. The van der Waals surface area contributed by atoms with Gasteiger partial charge in [-0.1, -0.05) is 12.7 Å². The SMILES string of the molecule is C=C/C(C#N)=C\N=C(/C)c1c(C)nn(-c2ccc(S(C)(=O)=O)cn2)c1O. The van der Waals surface area contributed by atoms with Crippen molar-refractivity contribution in [2.75, 3.05) is 6.26 Å². The first kappa shape index (κ1) is 19.1. The van der Waals surface area contributed by atoms with E-state index in [-0.39, 0.29) is 22.2 Å². The molecule has 0 spiro atoms. The van der Waals surface area contributed by atoms with Gasteiger partial charge in [0.25, 0.3) is 0 Å². The van der Waals surface area contributed by atoms with Gasteiger partial charge in [-0.05, 0) is 26.0 Å². The molecule has 9 heteroatoms. The number of sulfone groups is 1. The minimum absolute atomic E-state index is 0.0705. The summed E-state index contributed by atoms with van der Waals surface area (Å²) in [5, 5.41) is 23.6. The maximum absolute atomic E-state index is 11.5. The highest BCUT2D eigenvalue weighted by Crippen LogP contribution is 2.25. The summed E-state index contributed by atoms with van der Waals surface area (Å²) in [5.74, 6) is 0.0743. The molecule has 0 saturated heterocycles. The van der Waals surface area contributed by atoms with Gasteiger partial charge in [0.05, 0.1) is 27.4 Å². The Bertz CT molecular complexity index is 1060. The third-order valence-electron chi connectivity index (χ3n) is 3.51. The average Bonchev–Trinajstić information content (AvgIpc) is 2.89. The Balaban J connectivity index is 2.48. The maximum Gasteiger partial charge on any atom is 0.225 e. The number of hydrogen-bond donors (Lipinski definition) is 1. The van der Waals surface area contributed by atoms with Crippen molar-refractivity contribution in [3.05, 3.63) is 54.0 Å². The van der Waals surface area contributed by atoms with Crippen molar-refractivity contribution in [1.82, 2.24) is 14.8 Å².